The van der Waals surface area contributed by atoms with E-state index < -0.39 is 0 Å². The molecule has 0 spiro atoms. The molecule has 1 aromatic heterocycles. The number of hydrogen-bond donors (Lipinski definition) is 4. The molecule has 4 N–H and O–H groups in total. The summed E-state index contributed by atoms with van der Waals surface area (Å²) in [7, 11) is 0. The van der Waals surface area contributed by atoms with E-state index in [0.717, 1.165) is 11.3 Å². The van der Waals surface area contributed by atoms with Crippen molar-refractivity contribution < 1.29 is 9.90 Å². The zero-order chi connectivity index (χ0) is 14.9. The normalized spacial score (nSPS) is 11.9. The second-order valence-corrected chi connectivity index (χ2v) is 4.77. The Morgan fingerprint density at radius 2 is 2.05 bits per heavy atom. The molecule has 0 aliphatic carbocycles. The van der Waals surface area contributed by atoms with E-state index in [0.29, 0.717) is 19.5 Å². The van der Waals surface area contributed by atoms with Crippen molar-refractivity contribution in [3.05, 3.63) is 53.9 Å². The summed E-state index contributed by atoms with van der Waals surface area (Å²) in [6.45, 7) is 0.984. The molecule has 0 saturated carbocycles. The van der Waals surface area contributed by atoms with Gasteiger partial charge in [-0.05, 0) is 18.1 Å². The molecule has 6 nitrogen and oxygen atoms in total. The highest BCUT2D eigenvalue weighted by molar-refractivity contribution is 5.73. The van der Waals surface area contributed by atoms with E-state index in [2.05, 4.69) is 20.8 Å². The molecule has 0 aliphatic heterocycles. The summed E-state index contributed by atoms with van der Waals surface area (Å²) in [5, 5.41) is 21.3. The summed E-state index contributed by atoms with van der Waals surface area (Å²) < 4.78 is 0. The lowest BCUT2D eigenvalue weighted by molar-refractivity contribution is 0.237. The number of aromatic nitrogens is 2. The Bertz CT molecular complexity index is 528. The second-order valence-electron chi connectivity index (χ2n) is 4.77. The van der Waals surface area contributed by atoms with E-state index in [1.807, 2.05) is 30.3 Å². The number of nitrogens with zero attached hydrogens (tertiary/aromatic N) is 1. The monoisotopic (exact) mass is 288 g/mol. The molecule has 1 unspecified atom stereocenters. The lowest BCUT2D eigenvalue weighted by atomic mass is 9.96. The molecule has 1 aromatic carbocycles. The van der Waals surface area contributed by atoms with Gasteiger partial charge in [0.1, 0.15) is 0 Å². The molecule has 0 saturated heterocycles. The van der Waals surface area contributed by atoms with Gasteiger partial charge in [0.25, 0.3) is 0 Å². The number of urea groups is 1. The quantitative estimate of drug-likeness (QED) is 0.620. The fourth-order valence-corrected chi connectivity index (χ4v) is 2.10. The number of aromatic amines is 1. The fourth-order valence-electron chi connectivity index (χ4n) is 2.10. The molecule has 1 atom stereocenters. The lowest BCUT2D eigenvalue weighted by Crippen LogP contribution is -2.37. The topological polar surface area (TPSA) is 90.0 Å². The van der Waals surface area contributed by atoms with Gasteiger partial charge in [-0.2, -0.15) is 5.10 Å². The number of benzene rings is 1. The molecule has 0 bridgehead atoms. The van der Waals surface area contributed by atoms with Gasteiger partial charge in [0.15, 0.2) is 0 Å². The van der Waals surface area contributed by atoms with Gasteiger partial charge in [-0.15, -0.1) is 0 Å². The average Bonchev–Trinajstić information content (AvgIpc) is 3.03. The third kappa shape index (κ3) is 4.92. The molecule has 112 valence electrons. The van der Waals surface area contributed by atoms with Crippen molar-refractivity contribution in [2.45, 2.75) is 18.9 Å². The maximum atomic E-state index is 11.8. The van der Waals surface area contributed by atoms with Crippen LogP contribution in [-0.2, 0) is 6.54 Å². The van der Waals surface area contributed by atoms with Crippen molar-refractivity contribution in [2.24, 2.45) is 0 Å². The average molecular weight is 288 g/mol. The summed E-state index contributed by atoms with van der Waals surface area (Å²) in [6.07, 6.45) is 2.26. The van der Waals surface area contributed by atoms with Gasteiger partial charge >= 0.3 is 6.03 Å². The highest BCUT2D eigenvalue weighted by Crippen LogP contribution is 2.17. The minimum Gasteiger partial charge on any atom is -0.396 e. The first kappa shape index (κ1) is 15.1. The Morgan fingerprint density at radius 3 is 2.71 bits per heavy atom. The Morgan fingerprint density at radius 1 is 1.24 bits per heavy atom. The third-order valence-electron chi connectivity index (χ3n) is 3.26. The molecule has 0 fully saturated rings. The summed E-state index contributed by atoms with van der Waals surface area (Å²) in [6, 6.07) is 11.4. The van der Waals surface area contributed by atoms with E-state index in [4.69, 9.17) is 5.11 Å². The van der Waals surface area contributed by atoms with Crippen LogP contribution in [0.25, 0.3) is 0 Å². The molecule has 1 heterocycles. The SMILES string of the molecule is O=C(NCc1ccn[nH]1)NCC(CCO)c1ccccc1. The van der Waals surface area contributed by atoms with Crippen LogP contribution in [0.5, 0.6) is 0 Å². The van der Waals surface area contributed by atoms with Gasteiger partial charge in [0, 0.05) is 25.3 Å². The van der Waals surface area contributed by atoms with Gasteiger partial charge in [-0.25, -0.2) is 4.79 Å². The largest absolute Gasteiger partial charge is 0.396 e. The van der Waals surface area contributed by atoms with Crippen molar-refractivity contribution >= 4 is 6.03 Å². The summed E-state index contributed by atoms with van der Waals surface area (Å²) in [5.74, 6) is 0.106. The van der Waals surface area contributed by atoms with E-state index >= 15 is 0 Å². The summed E-state index contributed by atoms with van der Waals surface area (Å²) in [5.41, 5.74) is 1.96. The summed E-state index contributed by atoms with van der Waals surface area (Å²) in [4.78, 5) is 11.8. The van der Waals surface area contributed by atoms with E-state index in [1.165, 1.54) is 0 Å². The highest BCUT2D eigenvalue weighted by atomic mass is 16.3. The van der Waals surface area contributed by atoms with Crippen LogP contribution in [0.15, 0.2) is 42.6 Å². The standard InChI is InChI=1S/C15H20N4O2/c20-9-7-13(12-4-2-1-3-5-12)10-16-15(21)17-11-14-6-8-18-19-14/h1-6,8,13,20H,7,9-11H2,(H,18,19)(H2,16,17,21). The number of hydrogen-bond acceptors (Lipinski definition) is 3. The molecule has 2 amide bonds. The Kier molecular flexibility index (Phi) is 5.78. The Hall–Kier alpha value is -2.34. The van der Waals surface area contributed by atoms with Gasteiger partial charge in [-0.3, -0.25) is 5.10 Å². The molecular weight excluding hydrogens is 268 g/mol. The number of aliphatic hydroxyl groups is 1. The number of nitrogens with one attached hydrogen (secondary N) is 3. The van der Waals surface area contributed by atoms with Crippen molar-refractivity contribution in [3.63, 3.8) is 0 Å². The molecular formula is C15H20N4O2. The zero-order valence-electron chi connectivity index (χ0n) is 11.7. The Balaban J connectivity index is 1.80. The number of amides is 2. The minimum absolute atomic E-state index is 0.0943. The predicted molar refractivity (Wildman–Crippen MR) is 79.7 cm³/mol. The molecule has 2 rings (SSSR count). The first-order chi connectivity index (χ1) is 10.3. The molecule has 2 aromatic rings. The fraction of sp³-hybridized carbons (Fsp3) is 0.333. The van der Waals surface area contributed by atoms with Crippen LogP contribution in [0.4, 0.5) is 4.79 Å². The minimum atomic E-state index is -0.233. The van der Waals surface area contributed by atoms with Crippen LogP contribution in [0.3, 0.4) is 0 Å². The van der Waals surface area contributed by atoms with Crippen LogP contribution >= 0.6 is 0 Å². The van der Waals surface area contributed by atoms with Crippen molar-refractivity contribution in [1.29, 1.82) is 0 Å². The third-order valence-corrected chi connectivity index (χ3v) is 3.26. The number of rotatable bonds is 7. The number of H-pyrrole nitrogens is 1. The van der Waals surface area contributed by atoms with Gasteiger partial charge in [0.05, 0.1) is 12.2 Å². The van der Waals surface area contributed by atoms with Crippen molar-refractivity contribution in [2.75, 3.05) is 13.2 Å². The van der Waals surface area contributed by atoms with Crippen molar-refractivity contribution in [1.82, 2.24) is 20.8 Å². The number of aliphatic hydroxyl groups excluding tert-OH is 1. The van der Waals surface area contributed by atoms with Crippen LogP contribution in [-0.4, -0.2) is 34.5 Å². The molecule has 0 radical (unpaired) electrons. The smallest absolute Gasteiger partial charge is 0.315 e. The first-order valence-corrected chi connectivity index (χ1v) is 6.95. The van der Waals surface area contributed by atoms with E-state index in [-0.39, 0.29) is 18.6 Å². The van der Waals surface area contributed by atoms with Gasteiger partial charge in [-0.1, -0.05) is 30.3 Å². The lowest BCUT2D eigenvalue weighted by Gasteiger charge is -2.17. The van der Waals surface area contributed by atoms with Crippen LogP contribution in [0, 0.1) is 0 Å². The number of carbonyl (C=O) groups excluding carboxylic acids is 1. The first-order valence-electron chi connectivity index (χ1n) is 6.95. The van der Waals surface area contributed by atoms with Gasteiger partial charge < -0.3 is 15.7 Å². The maximum Gasteiger partial charge on any atom is 0.315 e. The zero-order valence-corrected chi connectivity index (χ0v) is 11.7. The predicted octanol–water partition coefficient (Wildman–Crippen LogP) is 1.38. The van der Waals surface area contributed by atoms with E-state index in [9.17, 15) is 4.79 Å². The molecule has 6 heteroatoms. The maximum absolute atomic E-state index is 11.8. The van der Waals surface area contributed by atoms with Crippen LogP contribution in [0.1, 0.15) is 23.6 Å². The summed E-state index contributed by atoms with van der Waals surface area (Å²) >= 11 is 0. The van der Waals surface area contributed by atoms with E-state index in [1.54, 1.807) is 12.3 Å². The van der Waals surface area contributed by atoms with Crippen LogP contribution < -0.4 is 10.6 Å². The molecule has 21 heavy (non-hydrogen) atoms. The van der Waals surface area contributed by atoms with Gasteiger partial charge in [0.2, 0.25) is 0 Å². The highest BCUT2D eigenvalue weighted by Gasteiger charge is 2.12. The second kappa shape index (κ2) is 8.06. The van der Waals surface area contributed by atoms with Crippen LogP contribution in [0.2, 0.25) is 0 Å². The van der Waals surface area contributed by atoms with Crippen molar-refractivity contribution in [3.8, 4) is 0 Å². The Labute approximate surface area is 123 Å². The molecule has 0 aliphatic rings. The number of carbonyl (C=O) groups is 1.